The topological polar surface area (TPSA) is 631 Å². The Bertz CT molecular complexity index is 4280. The smallest absolute Gasteiger partial charge is 0.245 e. The van der Waals surface area contributed by atoms with Crippen LogP contribution in [0.15, 0.2) is 121 Å². The average molecular weight is 1720 g/mol. The molecule has 38 nitrogen and oxygen atoms in total. The number of benzene rings is 4. The van der Waals surface area contributed by atoms with E-state index in [1.807, 2.05) is 0 Å². The highest BCUT2D eigenvalue weighted by Crippen LogP contribution is 2.25. The molecule has 28 N–H and O–H groups in total. The number of aliphatic hydroxyl groups excluding tert-OH is 3. The summed E-state index contributed by atoms with van der Waals surface area (Å²) < 4.78 is 0. The average Bonchev–Trinajstić information content (AvgIpc) is 1.70. The predicted molar refractivity (Wildman–Crippen MR) is 451 cm³/mol. The van der Waals surface area contributed by atoms with Gasteiger partial charge in [0.1, 0.15) is 78.5 Å². The van der Waals surface area contributed by atoms with Crippen molar-refractivity contribution in [2.75, 3.05) is 50.9 Å². The van der Waals surface area contributed by atoms with E-state index in [-0.39, 0.29) is 83.2 Å². The van der Waals surface area contributed by atoms with Gasteiger partial charge in [-0.05, 0) is 132 Å². The lowest BCUT2D eigenvalue weighted by Crippen LogP contribution is -2.63. The number of aromatic nitrogens is 1. The molecule has 0 bridgehead atoms. The molecule has 40 heteroatoms. The maximum absolute atomic E-state index is 15.4. The van der Waals surface area contributed by atoms with E-state index in [1.165, 1.54) is 0 Å². The zero-order valence-electron chi connectivity index (χ0n) is 67.3. The number of hydrogen-bond donors (Lipinski definition) is 23. The van der Waals surface area contributed by atoms with Gasteiger partial charge in [0.05, 0.1) is 31.8 Å². The van der Waals surface area contributed by atoms with Crippen molar-refractivity contribution in [3.63, 3.8) is 0 Å². The van der Waals surface area contributed by atoms with Crippen molar-refractivity contribution >= 4 is 121 Å². The number of aliphatic hydroxyl groups is 3. The maximum atomic E-state index is 15.4. The third kappa shape index (κ3) is 31.8. The minimum absolute atomic E-state index is 0.00718. The fourth-order valence-corrected chi connectivity index (χ4v) is 15.8. The molecule has 0 saturated carbocycles. The first-order valence-corrected chi connectivity index (χ1v) is 42.8. The molecule has 1 aromatic heterocycles. The second kappa shape index (κ2) is 50.8. The van der Waals surface area contributed by atoms with Crippen LogP contribution < -0.4 is 103 Å². The van der Waals surface area contributed by atoms with E-state index >= 15 is 14.4 Å². The van der Waals surface area contributed by atoms with E-state index in [4.69, 9.17) is 28.7 Å². The molecule has 3 heterocycles. The number of fused-ring (bicyclic) bond motifs is 1. The lowest BCUT2D eigenvalue weighted by Gasteiger charge is -2.29. The molecule has 2 aliphatic heterocycles. The van der Waals surface area contributed by atoms with Crippen molar-refractivity contribution < 1.29 is 87.2 Å². The van der Waals surface area contributed by atoms with E-state index < -0.39 is 205 Å². The monoisotopic (exact) mass is 1720 g/mol. The van der Waals surface area contributed by atoms with E-state index in [9.17, 15) is 72.9 Å². The van der Waals surface area contributed by atoms with Crippen LogP contribution in [0.2, 0.25) is 0 Å². The van der Waals surface area contributed by atoms with Gasteiger partial charge in [-0.1, -0.05) is 131 Å². The van der Waals surface area contributed by atoms with Crippen LogP contribution in [0.4, 0.5) is 0 Å². The number of hydrogen-bond acceptors (Lipinski definition) is 24. The van der Waals surface area contributed by atoms with E-state index in [1.54, 1.807) is 121 Å². The second-order valence-corrected chi connectivity index (χ2v) is 32.2. The molecule has 4 aromatic carbocycles. The Balaban J connectivity index is 1.33. The molecule has 2 saturated heterocycles. The van der Waals surface area contributed by atoms with E-state index in [2.05, 4.69) is 79.4 Å². The van der Waals surface area contributed by atoms with Crippen LogP contribution in [0, 0.1) is 0 Å². The predicted octanol–water partition coefficient (Wildman–Crippen LogP) is -5.00. The summed E-state index contributed by atoms with van der Waals surface area (Å²) in [5, 5.41) is 70.0. The van der Waals surface area contributed by atoms with Crippen molar-refractivity contribution in [3.8, 4) is 0 Å². The Morgan fingerprint density at radius 2 is 0.868 bits per heavy atom. The normalized spacial score (nSPS) is 24.2. The number of nitrogens with one attached hydrogen (secondary N) is 15. The van der Waals surface area contributed by atoms with E-state index in [0.29, 0.717) is 78.2 Å². The largest absolute Gasteiger partial charge is 0.394 e. The molecule has 2 aliphatic rings. The molecule has 0 spiro atoms. The summed E-state index contributed by atoms with van der Waals surface area (Å²) in [6.45, 7) is -0.246. The number of H-pyrrole nitrogens is 1. The molecule has 121 heavy (non-hydrogen) atoms. The van der Waals surface area contributed by atoms with Gasteiger partial charge in [-0.15, -0.1) is 0 Å². The van der Waals surface area contributed by atoms with E-state index in [0.717, 1.165) is 28.5 Å². The van der Waals surface area contributed by atoms with Crippen LogP contribution in [-0.4, -0.2) is 250 Å². The lowest BCUT2D eigenvalue weighted by atomic mass is 10.00. The zero-order chi connectivity index (χ0) is 87.9. The Morgan fingerprint density at radius 1 is 0.455 bits per heavy atom. The lowest BCUT2D eigenvalue weighted by molar-refractivity contribution is -0.137. The first-order valence-electron chi connectivity index (χ1n) is 40.3. The standard InChI is InChI=1S/C81H114N20O18S2/c1-46(104)67-81(119)96-59(38-49-24-9-4-10-25-49)74(112)97-62(42-102)77(115)98-63(43-103)78(116)100-64(79(117)89-53(68(86)106)28-13-16-32-82)44-120-121-45-65(99-69(107)54-31-19-35-87-54)80(118)91-55(29-14-17-33-83)70(108)95-61(40-66(85)105)76(114)93-57(36-47-20-5-2-6-21-47)72(110)92-58(37-48-22-7-3-8-23-48)73(111)94-60(39-50-41-88-52-27-12-11-26-51(50)52)75(113)90-56(71(109)101-67)30-15-18-34-84/h2-12,20-27,41,46,53-65,67,87-88,102-104H,13-19,28-40,42-45,82-84H2,1H3,(H2,85,105)(H2,86,106)(H,89,117)(H,90,113)(H,91,118)(H,92,110)(H,93,114)(H,94,111)(H,95,108)(H,96,119)(H,97,112)(H,98,115)(H,99,107)(H,100,116)(H,101,109)/t46-,53+,54+,55+,56+,57+,58+,59+,60+,61+,62+,63+,64+,65+,67+/m1/s1. The third-order valence-electron chi connectivity index (χ3n) is 20.2. The van der Waals surface area contributed by atoms with Gasteiger partial charge in [0.15, 0.2) is 0 Å². The number of nitrogens with two attached hydrogens (primary N) is 5. The van der Waals surface area contributed by atoms with Crippen molar-refractivity contribution in [3.05, 3.63) is 144 Å². The van der Waals surface area contributed by atoms with Crippen LogP contribution in [0.1, 0.15) is 106 Å². The summed E-state index contributed by atoms with van der Waals surface area (Å²) in [6, 6.07) is 9.28. The van der Waals surface area contributed by atoms with Crippen molar-refractivity contribution in [2.45, 2.75) is 200 Å². The van der Waals surface area contributed by atoms with Crippen molar-refractivity contribution in [2.24, 2.45) is 28.7 Å². The van der Waals surface area contributed by atoms with Gasteiger partial charge in [0.2, 0.25) is 88.6 Å². The van der Waals surface area contributed by atoms with Gasteiger partial charge < -0.3 is 123 Å². The minimum Gasteiger partial charge on any atom is -0.394 e. The van der Waals surface area contributed by atoms with Crippen LogP contribution in [0.3, 0.4) is 0 Å². The number of amides is 15. The number of carbonyl (C=O) groups excluding carboxylic acids is 15. The molecule has 2 fully saturated rings. The molecular formula is C81H114N20O18S2. The van der Waals surface area contributed by atoms with Gasteiger partial charge in [0, 0.05) is 54.3 Å². The molecule has 658 valence electrons. The minimum atomic E-state index is -1.96. The highest BCUT2D eigenvalue weighted by atomic mass is 33.1. The summed E-state index contributed by atoms with van der Waals surface area (Å²) in [5.74, 6) is -16.4. The summed E-state index contributed by atoms with van der Waals surface area (Å²) in [7, 11) is 1.74. The Hall–Kier alpha value is -11.1. The maximum Gasteiger partial charge on any atom is 0.245 e. The number of aromatic amines is 1. The third-order valence-corrected chi connectivity index (χ3v) is 22.6. The number of rotatable bonds is 30. The fraction of sp³-hybridized carbons (Fsp3) is 0.494. The Labute approximate surface area is 707 Å². The second-order valence-electron chi connectivity index (χ2n) is 29.6. The van der Waals surface area contributed by atoms with Crippen LogP contribution in [0.25, 0.3) is 10.9 Å². The Morgan fingerprint density at radius 3 is 1.35 bits per heavy atom. The van der Waals surface area contributed by atoms with Crippen molar-refractivity contribution in [1.82, 2.24) is 79.4 Å². The number of unbranched alkanes of at least 4 members (excludes halogenated alkanes) is 3. The number of para-hydroxylation sites is 1. The molecule has 7 rings (SSSR count). The molecule has 15 atom stereocenters. The fourth-order valence-electron chi connectivity index (χ4n) is 13.4. The Kier molecular flexibility index (Phi) is 40.8. The molecular weight excluding hydrogens is 1610 g/mol. The molecule has 0 aliphatic carbocycles. The van der Waals surface area contributed by atoms with Gasteiger partial charge >= 0.3 is 0 Å². The highest BCUT2D eigenvalue weighted by molar-refractivity contribution is 8.76. The summed E-state index contributed by atoms with van der Waals surface area (Å²) in [5.41, 5.74) is 31.6. The van der Waals surface area contributed by atoms with Gasteiger partial charge in [-0.2, -0.15) is 0 Å². The molecule has 5 aromatic rings. The molecule has 15 amide bonds. The number of primary amides is 2. The van der Waals surface area contributed by atoms with Gasteiger partial charge in [-0.3, -0.25) is 71.9 Å². The zero-order valence-corrected chi connectivity index (χ0v) is 69.0. The highest BCUT2D eigenvalue weighted by Gasteiger charge is 2.40. The van der Waals surface area contributed by atoms with Crippen LogP contribution in [0.5, 0.6) is 0 Å². The van der Waals surface area contributed by atoms with Gasteiger partial charge in [0.25, 0.3) is 0 Å². The summed E-state index contributed by atoms with van der Waals surface area (Å²) >= 11 is 0. The first kappa shape index (κ1) is 97.0. The molecule has 0 unspecified atom stereocenters. The summed E-state index contributed by atoms with van der Waals surface area (Å²) in [6.07, 6.45) is 0.273. The quantitative estimate of drug-likeness (QED) is 0.0151. The first-order chi connectivity index (χ1) is 58.1. The van der Waals surface area contributed by atoms with Crippen molar-refractivity contribution in [1.29, 1.82) is 0 Å². The van der Waals surface area contributed by atoms with Gasteiger partial charge in [-0.25, -0.2) is 0 Å². The SMILES string of the molecule is C[C@@H](O)[C@@H]1NC(=O)[C@H](CCCCN)NC(=O)[C@H](Cc2c[nH]c3ccccc23)NC(=O)[C@H](Cc2ccccc2)NC(=O)[C@H](Cc2ccccc2)NC(=O)[C@H](CC(N)=O)NC(=O)[C@H](CCCCN)NC(=O)[C@@H](NC(=O)[C@@H]2CCCN2)CSSC[C@@H](C(=O)N[C@@H](CCCCN)C(N)=O)NC(=O)[C@H](CO)NC(=O)[C@H](CO)NC(=O)[C@H](Cc2ccccc2)NC1=O. The number of carbonyl (C=O) groups is 15. The summed E-state index contributed by atoms with van der Waals surface area (Å²) in [4.78, 5) is 221. The van der Waals surface area contributed by atoms with Crippen LogP contribution >= 0.6 is 21.6 Å². The molecule has 0 radical (unpaired) electrons. The van der Waals surface area contributed by atoms with Crippen LogP contribution in [-0.2, 0) is 97.6 Å².